The summed E-state index contributed by atoms with van der Waals surface area (Å²) in [6.07, 6.45) is 2.96. The maximum atomic E-state index is 11.0. The van der Waals surface area contributed by atoms with Gasteiger partial charge in [0.1, 0.15) is 17.6 Å². The molecule has 1 aliphatic heterocycles. The Morgan fingerprint density at radius 2 is 2.47 bits per heavy atom. The number of nitrogens with zero attached hydrogens (tertiary/aromatic N) is 2. The molecule has 2 rings (SSSR count). The Morgan fingerprint density at radius 1 is 1.68 bits per heavy atom. The van der Waals surface area contributed by atoms with Gasteiger partial charge in [-0.25, -0.2) is 9.78 Å². The number of hydrogen-bond acceptors (Lipinski definition) is 6. The van der Waals surface area contributed by atoms with E-state index in [4.69, 9.17) is 9.84 Å². The summed E-state index contributed by atoms with van der Waals surface area (Å²) in [5.41, 5.74) is -0.898. The molecule has 0 aliphatic carbocycles. The lowest BCUT2D eigenvalue weighted by atomic mass is 10.2. The zero-order valence-corrected chi connectivity index (χ0v) is 10.0. The molecule has 102 valence electrons. The van der Waals surface area contributed by atoms with Gasteiger partial charge in [0.25, 0.3) is 0 Å². The lowest BCUT2D eigenvalue weighted by Gasteiger charge is -2.11. The van der Waals surface area contributed by atoms with E-state index in [1.165, 1.54) is 0 Å². The fraction of sp³-hybridized carbons (Fsp3) is 0.455. The van der Waals surface area contributed by atoms with Gasteiger partial charge in [-0.1, -0.05) is 0 Å². The van der Waals surface area contributed by atoms with Crippen molar-refractivity contribution in [1.82, 2.24) is 4.98 Å². The molecular formula is C11H13N3O5. The van der Waals surface area contributed by atoms with Crippen LogP contribution in [0, 0.1) is 10.1 Å². The van der Waals surface area contributed by atoms with Gasteiger partial charge in [0.2, 0.25) is 0 Å². The first-order valence-electron chi connectivity index (χ1n) is 5.81. The molecule has 8 nitrogen and oxygen atoms in total. The Morgan fingerprint density at radius 3 is 3.05 bits per heavy atom. The molecule has 0 amide bonds. The van der Waals surface area contributed by atoms with Gasteiger partial charge >= 0.3 is 11.7 Å². The highest BCUT2D eigenvalue weighted by atomic mass is 16.6. The topological polar surface area (TPSA) is 115 Å². The van der Waals surface area contributed by atoms with Crippen LogP contribution in [0.1, 0.15) is 23.2 Å². The van der Waals surface area contributed by atoms with Gasteiger partial charge in [-0.05, 0) is 12.8 Å². The van der Waals surface area contributed by atoms with Gasteiger partial charge in [0.05, 0.1) is 11.0 Å². The number of carboxylic acids is 1. The van der Waals surface area contributed by atoms with Gasteiger partial charge in [-0.15, -0.1) is 0 Å². The van der Waals surface area contributed by atoms with Crippen molar-refractivity contribution in [2.24, 2.45) is 0 Å². The Labute approximate surface area is 108 Å². The van der Waals surface area contributed by atoms with E-state index in [2.05, 4.69) is 10.3 Å². The zero-order valence-electron chi connectivity index (χ0n) is 10.0. The SMILES string of the molecule is O=C(O)c1cc(NCC2CCCO2)ncc1[N+](=O)[O-]. The Kier molecular flexibility index (Phi) is 3.91. The van der Waals surface area contributed by atoms with Crippen molar-refractivity contribution in [2.75, 3.05) is 18.5 Å². The minimum Gasteiger partial charge on any atom is -0.477 e. The number of carboxylic acid groups (broad SMARTS) is 1. The van der Waals surface area contributed by atoms with Crippen molar-refractivity contribution in [1.29, 1.82) is 0 Å². The van der Waals surface area contributed by atoms with E-state index in [0.29, 0.717) is 12.4 Å². The molecule has 1 atom stereocenters. The van der Waals surface area contributed by atoms with Crippen molar-refractivity contribution in [2.45, 2.75) is 18.9 Å². The van der Waals surface area contributed by atoms with E-state index < -0.39 is 16.6 Å². The summed E-state index contributed by atoms with van der Waals surface area (Å²) in [5, 5.41) is 22.5. The minimum atomic E-state index is -1.35. The maximum absolute atomic E-state index is 11.0. The fourth-order valence-corrected chi connectivity index (χ4v) is 1.89. The number of carbonyl (C=O) groups is 1. The highest BCUT2D eigenvalue weighted by molar-refractivity contribution is 5.93. The molecule has 0 radical (unpaired) electrons. The van der Waals surface area contributed by atoms with E-state index in [9.17, 15) is 14.9 Å². The molecule has 2 heterocycles. The summed E-state index contributed by atoms with van der Waals surface area (Å²) in [7, 11) is 0. The third-order valence-electron chi connectivity index (χ3n) is 2.84. The average molecular weight is 267 g/mol. The summed E-state index contributed by atoms with van der Waals surface area (Å²) >= 11 is 0. The Bertz CT molecular complexity index is 499. The molecule has 2 N–H and O–H groups in total. The molecule has 1 saturated heterocycles. The molecular weight excluding hydrogens is 254 g/mol. The van der Waals surface area contributed by atoms with Crippen LogP contribution in [0.2, 0.25) is 0 Å². The van der Waals surface area contributed by atoms with E-state index in [1.54, 1.807) is 0 Å². The molecule has 0 bridgehead atoms. The number of nitrogens with one attached hydrogen (secondary N) is 1. The van der Waals surface area contributed by atoms with Crippen LogP contribution in [-0.4, -0.2) is 40.2 Å². The van der Waals surface area contributed by atoms with Crippen LogP contribution >= 0.6 is 0 Å². The van der Waals surface area contributed by atoms with E-state index in [1.807, 2.05) is 0 Å². The second kappa shape index (κ2) is 5.61. The van der Waals surface area contributed by atoms with Crippen molar-refractivity contribution < 1.29 is 19.6 Å². The smallest absolute Gasteiger partial charge is 0.342 e. The first kappa shape index (κ1) is 13.2. The highest BCUT2D eigenvalue weighted by Crippen LogP contribution is 2.20. The number of anilines is 1. The maximum Gasteiger partial charge on any atom is 0.342 e. The predicted molar refractivity (Wildman–Crippen MR) is 65.3 cm³/mol. The highest BCUT2D eigenvalue weighted by Gasteiger charge is 2.21. The van der Waals surface area contributed by atoms with Crippen molar-refractivity contribution in [3.63, 3.8) is 0 Å². The lowest BCUT2D eigenvalue weighted by Crippen LogP contribution is -2.19. The zero-order chi connectivity index (χ0) is 13.8. The van der Waals surface area contributed by atoms with Crippen LogP contribution in [0.3, 0.4) is 0 Å². The molecule has 0 aromatic carbocycles. The molecule has 0 spiro atoms. The van der Waals surface area contributed by atoms with E-state index in [0.717, 1.165) is 31.7 Å². The molecule has 1 aliphatic rings. The summed E-state index contributed by atoms with van der Waals surface area (Å²) in [6, 6.07) is 1.16. The van der Waals surface area contributed by atoms with E-state index in [-0.39, 0.29) is 11.7 Å². The summed E-state index contributed by atoms with van der Waals surface area (Å²) in [4.78, 5) is 24.7. The number of pyridine rings is 1. The normalized spacial score (nSPS) is 18.2. The van der Waals surface area contributed by atoms with E-state index >= 15 is 0 Å². The second-order valence-electron chi connectivity index (χ2n) is 4.16. The number of nitro groups is 1. The van der Waals surface area contributed by atoms with Crippen molar-refractivity contribution in [3.05, 3.63) is 27.9 Å². The molecule has 1 fully saturated rings. The predicted octanol–water partition coefficient (Wildman–Crippen LogP) is 1.28. The second-order valence-corrected chi connectivity index (χ2v) is 4.16. The van der Waals surface area contributed by atoms with Gasteiger partial charge < -0.3 is 15.2 Å². The first-order valence-corrected chi connectivity index (χ1v) is 5.81. The van der Waals surface area contributed by atoms with Gasteiger partial charge in [0, 0.05) is 19.2 Å². The van der Waals surface area contributed by atoms with Crippen molar-refractivity contribution in [3.8, 4) is 0 Å². The van der Waals surface area contributed by atoms with Crippen LogP contribution < -0.4 is 5.32 Å². The average Bonchev–Trinajstić information content (AvgIpc) is 2.88. The standard InChI is InChI=1S/C11H13N3O5/c15-11(16)8-4-10(13-6-9(8)14(17)18)12-5-7-2-1-3-19-7/h4,6-7H,1-3,5H2,(H,12,13)(H,15,16). The molecule has 19 heavy (non-hydrogen) atoms. The van der Waals surface area contributed by atoms with Crippen LogP contribution in [-0.2, 0) is 4.74 Å². The summed E-state index contributed by atoms with van der Waals surface area (Å²) in [6.45, 7) is 1.23. The lowest BCUT2D eigenvalue weighted by molar-refractivity contribution is -0.385. The molecule has 1 aromatic heterocycles. The number of ether oxygens (including phenoxy) is 1. The van der Waals surface area contributed by atoms with Crippen LogP contribution in [0.4, 0.5) is 11.5 Å². The monoisotopic (exact) mass is 267 g/mol. The van der Waals surface area contributed by atoms with Gasteiger partial charge in [-0.2, -0.15) is 0 Å². The van der Waals surface area contributed by atoms with Crippen LogP contribution in [0.15, 0.2) is 12.3 Å². The third kappa shape index (κ3) is 3.16. The molecule has 8 heteroatoms. The first-order chi connectivity index (χ1) is 9.08. The van der Waals surface area contributed by atoms with Gasteiger partial charge in [-0.3, -0.25) is 10.1 Å². The van der Waals surface area contributed by atoms with Crippen LogP contribution in [0.25, 0.3) is 0 Å². The minimum absolute atomic E-state index is 0.0743. The fourth-order valence-electron chi connectivity index (χ4n) is 1.89. The number of hydrogen-bond donors (Lipinski definition) is 2. The van der Waals surface area contributed by atoms with Crippen molar-refractivity contribution >= 4 is 17.5 Å². The Hall–Kier alpha value is -2.22. The molecule has 1 aromatic rings. The van der Waals surface area contributed by atoms with Crippen LogP contribution in [0.5, 0.6) is 0 Å². The summed E-state index contributed by atoms with van der Waals surface area (Å²) < 4.78 is 5.40. The molecule has 0 saturated carbocycles. The number of rotatable bonds is 5. The Balaban J connectivity index is 2.11. The summed E-state index contributed by atoms with van der Waals surface area (Å²) in [5.74, 6) is -1.06. The third-order valence-corrected chi connectivity index (χ3v) is 2.84. The largest absolute Gasteiger partial charge is 0.477 e. The quantitative estimate of drug-likeness (QED) is 0.609. The number of aromatic nitrogens is 1. The number of aromatic carboxylic acids is 1. The molecule has 1 unspecified atom stereocenters. The van der Waals surface area contributed by atoms with Gasteiger partial charge in [0.15, 0.2) is 0 Å².